The van der Waals surface area contributed by atoms with Crippen LogP contribution in [0.3, 0.4) is 0 Å². The van der Waals surface area contributed by atoms with Gasteiger partial charge in [-0.05, 0) is 39.1 Å². The van der Waals surface area contributed by atoms with Crippen LogP contribution in [0.4, 0.5) is 15.8 Å². The van der Waals surface area contributed by atoms with E-state index >= 15 is 0 Å². The van der Waals surface area contributed by atoms with Crippen molar-refractivity contribution < 1.29 is 14.3 Å². The smallest absolute Gasteiger partial charge is 0.337 e. The number of anilines is 2. The minimum absolute atomic E-state index is 0.0399. The molecule has 5 nitrogen and oxygen atoms in total. The Morgan fingerprint density at radius 2 is 2.00 bits per heavy atom. The summed E-state index contributed by atoms with van der Waals surface area (Å²) >= 11 is 0. The summed E-state index contributed by atoms with van der Waals surface area (Å²) in [6.07, 6.45) is 1.86. The quantitative estimate of drug-likeness (QED) is 0.824. The van der Waals surface area contributed by atoms with Crippen molar-refractivity contribution in [2.45, 2.75) is 18.9 Å². The van der Waals surface area contributed by atoms with Gasteiger partial charge in [-0.2, -0.15) is 0 Å². The number of hydrogen-bond donors (Lipinski definition) is 2. The molecule has 0 aliphatic carbocycles. The van der Waals surface area contributed by atoms with Gasteiger partial charge < -0.3 is 20.6 Å². The molecule has 0 aromatic heterocycles. The van der Waals surface area contributed by atoms with Crippen molar-refractivity contribution in [1.29, 1.82) is 0 Å². The number of carbonyl (C=O) groups is 1. The molecule has 110 valence electrons. The minimum Gasteiger partial charge on any atom is -0.478 e. The second-order valence-corrected chi connectivity index (χ2v) is 5.38. The van der Waals surface area contributed by atoms with Gasteiger partial charge >= 0.3 is 5.97 Å². The summed E-state index contributed by atoms with van der Waals surface area (Å²) in [6, 6.07) is 2.92. The van der Waals surface area contributed by atoms with Gasteiger partial charge in [0.05, 0.1) is 11.3 Å². The third-order valence-electron chi connectivity index (χ3n) is 3.88. The number of carboxylic acid groups (broad SMARTS) is 1. The maximum atomic E-state index is 14.0. The lowest BCUT2D eigenvalue weighted by Gasteiger charge is -2.36. The van der Waals surface area contributed by atoms with Crippen LogP contribution in [0.15, 0.2) is 12.1 Å². The zero-order chi connectivity index (χ0) is 14.9. The first kappa shape index (κ1) is 14.6. The molecule has 20 heavy (non-hydrogen) atoms. The molecule has 0 spiro atoms. The van der Waals surface area contributed by atoms with Crippen molar-refractivity contribution in [2.75, 3.05) is 37.8 Å². The predicted octanol–water partition coefficient (Wildman–Crippen LogP) is 1.64. The molecule has 1 aromatic carbocycles. The fourth-order valence-corrected chi connectivity index (χ4v) is 2.63. The third kappa shape index (κ3) is 2.85. The first-order chi connectivity index (χ1) is 9.40. The lowest BCUT2D eigenvalue weighted by molar-refractivity contribution is 0.0698. The van der Waals surface area contributed by atoms with Crippen LogP contribution in [0.2, 0.25) is 0 Å². The van der Waals surface area contributed by atoms with Crippen LogP contribution in [0.5, 0.6) is 0 Å². The van der Waals surface area contributed by atoms with E-state index < -0.39 is 11.8 Å². The molecule has 0 unspecified atom stereocenters. The summed E-state index contributed by atoms with van der Waals surface area (Å²) in [5.41, 5.74) is 5.78. The van der Waals surface area contributed by atoms with Crippen LogP contribution in [0.1, 0.15) is 23.2 Å². The number of hydrogen-bond acceptors (Lipinski definition) is 4. The average Bonchev–Trinajstić information content (AvgIpc) is 2.38. The Bertz CT molecular complexity index is 511. The largest absolute Gasteiger partial charge is 0.478 e. The molecule has 3 N–H and O–H groups in total. The predicted molar refractivity (Wildman–Crippen MR) is 76.7 cm³/mol. The summed E-state index contributed by atoms with van der Waals surface area (Å²) < 4.78 is 14.0. The normalized spacial score (nSPS) is 16.7. The number of nitrogen functional groups attached to an aromatic ring is 1. The highest BCUT2D eigenvalue weighted by atomic mass is 19.1. The van der Waals surface area contributed by atoms with Gasteiger partial charge in [0, 0.05) is 24.8 Å². The number of rotatable bonds is 3. The molecule has 0 amide bonds. The van der Waals surface area contributed by atoms with Crippen LogP contribution in [0.25, 0.3) is 0 Å². The summed E-state index contributed by atoms with van der Waals surface area (Å²) in [5, 5.41) is 9.07. The Morgan fingerprint density at radius 1 is 1.40 bits per heavy atom. The molecule has 6 heteroatoms. The molecule has 1 aromatic rings. The van der Waals surface area contributed by atoms with Crippen molar-refractivity contribution >= 4 is 17.3 Å². The molecule has 0 atom stereocenters. The van der Waals surface area contributed by atoms with Crippen LogP contribution in [-0.4, -0.2) is 49.2 Å². The monoisotopic (exact) mass is 281 g/mol. The lowest BCUT2D eigenvalue weighted by Crippen LogP contribution is -2.42. The maximum absolute atomic E-state index is 14.0. The van der Waals surface area contributed by atoms with E-state index in [1.807, 2.05) is 19.0 Å². The number of benzene rings is 1. The Morgan fingerprint density at radius 3 is 2.50 bits per heavy atom. The summed E-state index contributed by atoms with van der Waals surface area (Å²) in [5.74, 6) is -1.59. The molecule has 1 heterocycles. The Hall–Kier alpha value is -1.82. The average molecular weight is 281 g/mol. The first-order valence-corrected chi connectivity index (χ1v) is 6.64. The number of carboxylic acids is 1. The third-order valence-corrected chi connectivity index (χ3v) is 3.88. The summed E-state index contributed by atoms with van der Waals surface area (Å²) in [7, 11) is 4.07. The number of halogens is 1. The van der Waals surface area contributed by atoms with E-state index in [1.54, 1.807) is 0 Å². The van der Waals surface area contributed by atoms with Crippen molar-refractivity contribution in [2.24, 2.45) is 0 Å². The Kier molecular flexibility index (Phi) is 4.13. The lowest BCUT2D eigenvalue weighted by atomic mass is 10.0. The summed E-state index contributed by atoms with van der Waals surface area (Å²) in [4.78, 5) is 15.1. The van der Waals surface area contributed by atoms with E-state index in [9.17, 15) is 9.18 Å². The number of aromatic carboxylic acids is 1. The number of nitrogens with zero attached hydrogens (tertiary/aromatic N) is 2. The molecule has 1 saturated heterocycles. The van der Waals surface area contributed by atoms with Gasteiger partial charge in [0.1, 0.15) is 5.82 Å². The fourth-order valence-electron chi connectivity index (χ4n) is 2.63. The number of nitrogens with two attached hydrogens (primary N) is 1. The van der Waals surface area contributed by atoms with E-state index in [0.717, 1.165) is 18.9 Å². The fraction of sp³-hybridized carbons (Fsp3) is 0.500. The molecule has 0 radical (unpaired) electrons. The Balaban J connectivity index is 2.21. The van der Waals surface area contributed by atoms with Gasteiger partial charge in [0.25, 0.3) is 0 Å². The SMILES string of the molecule is CN(C)C1CCN(c2cc(C(=O)O)c(N)cc2F)CC1. The van der Waals surface area contributed by atoms with Gasteiger partial charge in [-0.1, -0.05) is 0 Å². The molecular formula is C14H20FN3O2. The first-order valence-electron chi connectivity index (χ1n) is 6.64. The number of piperidine rings is 1. The van der Waals surface area contributed by atoms with Crippen LogP contribution < -0.4 is 10.6 Å². The van der Waals surface area contributed by atoms with Crippen molar-refractivity contribution in [1.82, 2.24) is 4.90 Å². The van der Waals surface area contributed by atoms with Gasteiger partial charge in [0.15, 0.2) is 0 Å². The molecule has 1 aliphatic heterocycles. The van der Waals surface area contributed by atoms with E-state index in [2.05, 4.69) is 4.90 Å². The molecule has 0 saturated carbocycles. The molecule has 1 fully saturated rings. The molecule has 0 bridgehead atoms. The Labute approximate surface area is 117 Å². The maximum Gasteiger partial charge on any atom is 0.337 e. The van der Waals surface area contributed by atoms with Crippen molar-refractivity contribution in [3.63, 3.8) is 0 Å². The highest BCUT2D eigenvalue weighted by molar-refractivity contribution is 5.95. The molecule has 1 aliphatic rings. The molecule has 2 rings (SSSR count). The van der Waals surface area contributed by atoms with Crippen LogP contribution in [-0.2, 0) is 0 Å². The topological polar surface area (TPSA) is 69.8 Å². The summed E-state index contributed by atoms with van der Waals surface area (Å²) in [6.45, 7) is 1.42. The van der Waals surface area contributed by atoms with Gasteiger partial charge in [-0.15, -0.1) is 0 Å². The van der Waals surface area contributed by atoms with Gasteiger partial charge in [-0.25, -0.2) is 9.18 Å². The second-order valence-electron chi connectivity index (χ2n) is 5.38. The second kappa shape index (κ2) is 5.66. The highest BCUT2D eigenvalue weighted by Gasteiger charge is 2.24. The van der Waals surface area contributed by atoms with Crippen molar-refractivity contribution in [3.8, 4) is 0 Å². The molecular weight excluding hydrogens is 261 g/mol. The van der Waals surface area contributed by atoms with E-state index in [-0.39, 0.29) is 11.3 Å². The van der Waals surface area contributed by atoms with E-state index in [0.29, 0.717) is 24.8 Å². The van der Waals surface area contributed by atoms with Crippen molar-refractivity contribution in [3.05, 3.63) is 23.5 Å². The zero-order valence-corrected chi connectivity index (χ0v) is 11.8. The van der Waals surface area contributed by atoms with Crippen LogP contribution >= 0.6 is 0 Å². The van der Waals surface area contributed by atoms with Gasteiger partial charge in [-0.3, -0.25) is 0 Å². The highest BCUT2D eigenvalue weighted by Crippen LogP contribution is 2.28. The zero-order valence-electron chi connectivity index (χ0n) is 11.8. The van der Waals surface area contributed by atoms with E-state index in [1.165, 1.54) is 6.07 Å². The minimum atomic E-state index is -1.13. The van der Waals surface area contributed by atoms with Crippen LogP contribution in [0, 0.1) is 5.82 Å². The van der Waals surface area contributed by atoms with E-state index in [4.69, 9.17) is 10.8 Å². The van der Waals surface area contributed by atoms with Gasteiger partial charge in [0.2, 0.25) is 0 Å². The standard InChI is InChI=1S/C14H20FN3O2/c1-17(2)9-3-5-18(6-4-9)13-7-10(14(19)20)12(16)8-11(13)15/h7-9H,3-6,16H2,1-2H3,(H,19,20).